The van der Waals surface area contributed by atoms with Gasteiger partial charge in [-0.2, -0.15) is 0 Å². The summed E-state index contributed by atoms with van der Waals surface area (Å²) < 4.78 is 5.30. The molecule has 2 amide bonds. The van der Waals surface area contributed by atoms with Crippen molar-refractivity contribution in [1.29, 1.82) is 0 Å². The molecule has 1 saturated carbocycles. The van der Waals surface area contributed by atoms with Crippen LogP contribution in [0.3, 0.4) is 0 Å². The minimum absolute atomic E-state index is 0.0794. The molecule has 2 heterocycles. The highest BCUT2D eigenvalue weighted by Gasteiger charge is 2.35. The molecule has 150 valence electrons. The van der Waals surface area contributed by atoms with E-state index < -0.39 is 5.97 Å². The predicted octanol–water partition coefficient (Wildman–Crippen LogP) is 3.15. The van der Waals surface area contributed by atoms with E-state index in [0.29, 0.717) is 23.9 Å². The molecule has 6 nitrogen and oxygen atoms in total. The fourth-order valence-corrected chi connectivity index (χ4v) is 4.93. The normalized spacial score (nSPS) is 24.8. The molecule has 0 radical (unpaired) electrons. The van der Waals surface area contributed by atoms with E-state index in [0.717, 1.165) is 38.0 Å². The van der Waals surface area contributed by atoms with E-state index in [-0.39, 0.29) is 18.4 Å². The van der Waals surface area contributed by atoms with Crippen LogP contribution in [-0.2, 0) is 14.3 Å². The molecule has 0 unspecified atom stereocenters. The van der Waals surface area contributed by atoms with Gasteiger partial charge in [-0.05, 0) is 62.3 Å². The van der Waals surface area contributed by atoms with Crippen molar-refractivity contribution < 1.29 is 19.1 Å². The van der Waals surface area contributed by atoms with Crippen LogP contribution in [0.2, 0.25) is 0 Å². The van der Waals surface area contributed by atoms with E-state index >= 15 is 0 Å². The third-order valence-electron chi connectivity index (χ3n) is 6.38. The molecule has 4 rings (SSSR count). The molecule has 0 bridgehead atoms. The smallest absolute Gasteiger partial charge is 0.338 e. The Balaban J connectivity index is 1.32. The van der Waals surface area contributed by atoms with Gasteiger partial charge in [0.25, 0.3) is 5.91 Å². The Kier molecular flexibility index (Phi) is 5.64. The predicted molar refractivity (Wildman–Crippen MR) is 105 cm³/mol. The van der Waals surface area contributed by atoms with E-state index in [9.17, 15) is 14.4 Å². The summed E-state index contributed by atoms with van der Waals surface area (Å²) in [5.74, 6) is 0.153. The summed E-state index contributed by atoms with van der Waals surface area (Å²) in [5, 5.41) is 0. The Morgan fingerprint density at radius 1 is 0.964 bits per heavy atom. The van der Waals surface area contributed by atoms with E-state index in [1.54, 1.807) is 29.2 Å². The molecule has 28 heavy (non-hydrogen) atoms. The fraction of sp³-hybridized carbons (Fsp3) is 0.591. The number of ether oxygens (including phenoxy) is 1. The van der Waals surface area contributed by atoms with E-state index in [2.05, 4.69) is 0 Å². The van der Waals surface area contributed by atoms with Crippen LogP contribution in [-0.4, -0.2) is 48.4 Å². The molecule has 3 aliphatic rings. The van der Waals surface area contributed by atoms with Gasteiger partial charge >= 0.3 is 5.97 Å². The second-order valence-electron chi connectivity index (χ2n) is 8.11. The second-order valence-corrected chi connectivity index (χ2v) is 8.11. The maximum absolute atomic E-state index is 12.7. The lowest BCUT2D eigenvalue weighted by atomic mass is 9.78. The zero-order valence-electron chi connectivity index (χ0n) is 16.3. The van der Waals surface area contributed by atoms with E-state index in [4.69, 9.17) is 4.74 Å². The highest BCUT2D eigenvalue weighted by molar-refractivity contribution is 5.96. The van der Waals surface area contributed by atoms with Crippen LogP contribution >= 0.6 is 0 Å². The lowest BCUT2D eigenvalue weighted by molar-refractivity contribution is -0.140. The number of rotatable bonds is 4. The first-order valence-corrected chi connectivity index (χ1v) is 10.5. The molecule has 2 saturated heterocycles. The van der Waals surface area contributed by atoms with Crippen LogP contribution in [0.4, 0.5) is 5.69 Å². The quantitative estimate of drug-likeness (QED) is 0.748. The summed E-state index contributed by atoms with van der Waals surface area (Å²) in [7, 11) is 0. The molecule has 6 heteroatoms. The lowest BCUT2D eigenvalue weighted by Gasteiger charge is -2.44. The van der Waals surface area contributed by atoms with Crippen molar-refractivity contribution in [2.24, 2.45) is 5.92 Å². The van der Waals surface area contributed by atoms with Gasteiger partial charge in [-0.15, -0.1) is 0 Å². The number of amides is 2. The third-order valence-corrected chi connectivity index (χ3v) is 6.38. The number of hydrogen-bond acceptors (Lipinski definition) is 4. The Morgan fingerprint density at radius 2 is 1.71 bits per heavy atom. The number of esters is 1. The highest BCUT2D eigenvalue weighted by atomic mass is 16.5. The molecule has 3 fully saturated rings. The van der Waals surface area contributed by atoms with Crippen molar-refractivity contribution in [3.63, 3.8) is 0 Å². The molecular formula is C22H28N2O4. The van der Waals surface area contributed by atoms with Gasteiger partial charge in [-0.25, -0.2) is 4.79 Å². The minimum atomic E-state index is -0.496. The van der Waals surface area contributed by atoms with Gasteiger partial charge in [0, 0.05) is 31.2 Å². The van der Waals surface area contributed by atoms with Crippen LogP contribution in [0.15, 0.2) is 24.3 Å². The summed E-state index contributed by atoms with van der Waals surface area (Å²) in [6.45, 7) is 1.29. The topological polar surface area (TPSA) is 66.9 Å². The van der Waals surface area contributed by atoms with Crippen molar-refractivity contribution in [2.75, 3.05) is 24.6 Å². The Bertz CT molecular complexity index is 743. The van der Waals surface area contributed by atoms with Crippen molar-refractivity contribution in [3.05, 3.63) is 29.8 Å². The first kappa shape index (κ1) is 19.0. The summed E-state index contributed by atoms with van der Waals surface area (Å²) >= 11 is 0. The van der Waals surface area contributed by atoms with Crippen molar-refractivity contribution in [1.82, 2.24) is 4.90 Å². The Labute approximate surface area is 165 Å². The van der Waals surface area contributed by atoms with Crippen molar-refractivity contribution >= 4 is 23.5 Å². The van der Waals surface area contributed by atoms with Crippen LogP contribution < -0.4 is 4.90 Å². The minimum Gasteiger partial charge on any atom is -0.452 e. The number of benzene rings is 1. The Morgan fingerprint density at radius 3 is 2.46 bits per heavy atom. The summed E-state index contributed by atoms with van der Waals surface area (Å²) in [5.41, 5.74) is 1.20. The molecule has 0 N–H and O–H groups in total. The zero-order valence-corrected chi connectivity index (χ0v) is 16.3. The number of carbonyl (C=O) groups excluding carboxylic acids is 3. The fourth-order valence-electron chi connectivity index (χ4n) is 4.93. The number of piperidine rings is 1. The molecule has 1 aromatic carbocycles. The van der Waals surface area contributed by atoms with Crippen LogP contribution in [0.25, 0.3) is 0 Å². The number of anilines is 1. The van der Waals surface area contributed by atoms with E-state index in [1.807, 2.05) is 4.90 Å². The maximum Gasteiger partial charge on any atom is 0.338 e. The van der Waals surface area contributed by atoms with Crippen LogP contribution in [0, 0.1) is 5.92 Å². The molecular weight excluding hydrogens is 356 g/mol. The largest absolute Gasteiger partial charge is 0.452 e. The second kappa shape index (κ2) is 8.33. The first-order chi connectivity index (χ1) is 13.6. The average molecular weight is 384 g/mol. The number of nitrogens with zero attached hydrogens (tertiary/aromatic N) is 2. The van der Waals surface area contributed by atoms with Gasteiger partial charge in [-0.3, -0.25) is 9.59 Å². The van der Waals surface area contributed by atoms with Gasteiger partial charge in [0.05, 0.1) is 5.56 Å². The molecule has 0 spiro atoms. The standard InChI is InChI=1S/C22H28N2O4/c25-20-8-4-13-23(20)18-11-9-17(10-12-18)22(27)28-15-21(26)24-14-3-6-16-5-1-2-7-19(16)24/h9-12,16,19H,1-8,13-15H2/t16-,19-/m0/s1. The highest BCUT2D eigenvalue weighted by Crippen LogP contribution is 2.35. The molecule has 1 aromatic rings. The number of fused-ring (bicyclic) bond motifs is 1. The average Bonchev–Trinajstić information content (AvgIpc) is 3.17. The van der Waals surface area contributed by atoms with Gasteiger partial charge < -0.3 is 14.5 Å². The molecule has 2 atom stereocenters. The van der Waals surface area contributed by atoms with E-state index in [1.165, 1.54) is 25.7 Å². The van der Waals surface area contributed by atoms with Gasteiger partial charge in [0.2, 0.25) is 5.91 Å². The van der Waals surface area contributed by atoms with Gasteiger partial charge in [0.1, 0.15) is 0 Å². The van der Waals surface area contributed by atoms with Gasteiger partial charge in [0.15, 0.2) is 6.61 Å². The molecule has 2 aliphatic heterocycles. The van der Waals surface area contributed by atoms with Crippen molar-refractivity contribution in [2.45, 2.75) is 57.4 Å². The summed E-state index contributed by atoms with van der Waals surface area (Å²) in [6.07, 6.45) is 8.40. The third kappa shape index (κ3) is 3.91. The van der Waals surface area contributed by atoms with Gasteiger partial charge in [-0.1, -0.05) is 12.8 Å². The summed E-state index contributed by atoms with van der Waals surface area (Å²) in [6, 6.07) is 7.17. The van der Waals surface area contributed by atoms with Crippen LogP contribution in [0.5, 0.6) is 0 Å². The number of likely N-dealkylation sites (tertiary alicyclic amines) is 1. The zero-order chi connectivity index (χ0) is 19.5. The maximum atomic E-state index is 12.7. The molecule has 1 aliphatic carbocycles. The van der Waals surface area contributed by atoms with Crippen molar-refractivity contribution in [3.8, 4) is 0 Å². The Hall–Kier alpha value is -2.37. The number of carbonyl (C=O) groups is 3. The monoisotopic (exact) mass is 384 g/mol. The number of hydrogen-bond donors (Lipinski definition) is 0. The molecule has 0 aromatic heterocycles. The lowest BCUT2D eigenvalue weighted by Crippen LogP contribution is -2.50. The SMILES string of the molecule is O=C(OCC(=O)N1CCC[C@@H]2CCCC[C@@H]21)c1ccc(N2CCCC2=O)cc1. The first-order valence-electron chi connectivity index (χ1n) is 10.5. The van der Waals surface area contributed by atoms with Crippen LogP contribution in [0.1, 0.15) is 61.7 Å². The summed E-state index contributed by atoms with van der Waals surface area (Å²) in [4.78, 5) is 40.5.